The minimum Gasteiger partial charge on any atom is -0.351 e. The first-order chi connectivity index (χ1) is 21.7. The first kappa shape index (κ1) is 39.3. The van der Waals surface area contributed by atoms with Crippen LogP contribution in [0.2, 0.25) is 0 Å². The van der Waals surface area contributed by atoms with Gasteiger partial charge in [-0.25, -0.2) is 9.97 Å². The molecule has 258 valence electrons. The molecule has 2 aliphatic rings. The van der Waals surface area contributed by atoms with Crippen LogP contribution >= 0.6 is 127 Å². The Kier molecular flexibility index (Phi) is 10.5. The zero-order valence-corrected chi connectivity index (χ0v) is 37.6. The molecule has 28 heteroatoms. The summed E-state index contributed by atoms with van der Waals surface area (Å²) in [6, 6.07) is 0. The average Bonchev–Trinajstić information content (AvgIpc) is 3.55. The molecule has 0 unspecified atom stereocenters. The van der Waals surface area contributed by atoms with Crippen LogP contribution in [-0.4, -0.2) is 71.8 Å². The van der Waals surface area contributed by atoms with Gasteiger partial charge in [0.15, 0.2) is 0 Å². The molecule has 16 nitrogen and oxygen atoms in total. The molecular formula is C20H6Br8N4O12S4. The summed E-state index contributed by atoms with van der Waals surface area (Å²) >= 11 is 24.8. The maximum atomic E-state index is 13.0. The van der Waals surface area contributed by atoms with E-state index in [1.807, 2.05) is 0 Å². The van der Waals surface area contributed by atoms with Crippen LogP contribution < -0.4 is 0 Å². The van der Waals surface area contributed by atoms with E-state index in [4.69, 9.17) is 0 Å². The maximum Gasteiger partial charge on any atom is 0.298 e. The zero-order chi connectivity index (χ0) is 36.4. The predicted octanol–water partition coefficient (Wildman–Crippen LogP) is 7.58. The van der Waals surface area contributed by atoms with Gasteiger partial charge in [-0.1, -0.05) is 0 Å². The third-order valence-electron chi connectivity index (χ3n) is 6.23. The second-order valence-corrected chi connectivity index (χ2v) is 20.9. The summed E-state index contributed by atoms with van der Waals surface area (Å²) in [5, 5.41) is 0. The van der Waals surface area contributed by atoms with Crippen molar-refractivity contribution < 1.29 is 51.9 Å². The Morgan fingerprint density at radius 3 is 0.812 bits per heavy atom. The highest BCUT2D eigenvalue weighted by Gasteiger charge is 2.37. The molecular weight excluding hydrogens is 1260 g/mol. The molecule has 2 aliphatic heterocycles. The van der Waals surface area contributed by atoms with E-state index in [0.29, 0.717) is 0 Å². The second-order valence-electron chi connectivity index (χ2n) is 9.10. The highest BCUT2D eigenvalue weighted by Crippen LogP contribution is 2.50. The Morgan fingerprint density at radius 1 is 0.375 bits per heavy atom. The first-order valence-electron chi connectivity index (χ1n) is 11.3. The largest absolute Gasteiger partial charge is 0.351 e. The number of aromatic amines is 2. The molecule has 0 saturated carbocycles. The lowest BCUT2D eigenvalue weighted by atomic mass is 10.3. The molecule has 0 aliphatic carbocycles. The van der Waals surface area contributed by atoms with E-state index >= 15 is 0 Å². The van der Waals surface area contributed by atoms with Gasteiger partial charge in [0.25, 0.3) is 40.5 Å². The minimum atomic E-state index is -5.40. The van der Waals surface area contributed by atoms with Crippen LogP contribution in [0.15, 0.2) is 37.5 Å². The fraction of sp³-hybridized carbons (Fsp3) is 0. The first-order valence-corrected chi connectivity index (χ1v) is 23.4. The van der Waals surface area contributed by atoms with Gasteiger partial charge >= 0.3 is 0 Å². The number of rotatable bonds is 4. The summed E-state index contributed by atoms with van der Waals surface area (Å²) in [6.07, 6.45) is 0. The number of hydrogen-bond acceptors (Lipinski definition) is 10. The summed E-state index contributed by atoms with van der Waals surface area (Å²) in [6.45, 7) is 0. The van der Waals surface area contributed by atoms with Crippen LogP contribution in [-0.2, 0) is 40.5 Å². The van der Waals surface area contributed by atoms with Crippen molar-refractivity contribution in [2.45, 2.75) is 19.6 Å². The van der Waals surface area contributed by atoms with E-state index < -0.39 is 105 Å². The molecule has 0 spiro atoms. The highest BCUT2D eigenvalue weighted by atomic mass is 79.9. The van der Waals surface area contributed by atoms with Crippen molar-refractivity contribution in [2.75, 3.05) is 0 Å². The standard InChI is InChI=1S/C20H6Br8N4O12S4/c21-1-2(22)10-18(46(36,37)38)12-5(25)6(26)14(31-12)20(48(42,43)44)16-8(28)7(27)15(32-16)19(47(39,40)41)13-4(24)3(23)11(30-13)17(9(1)29-10)45(33,34)35/h29-30H,(H,33,34,35)(H,36,37,38)(H,39,40,41)(H,42,43,44). The Labute approximate surface area is 335 Å². The van der Waals surface area contributed by atoms with Crippen LogP contribution in [0, 0.1) is 0 Å². The fourth-order valence-corrected chi connectivity index (χ4v) is 12.6. The Bertz CT molecular complexity index is 2600. The van der Waals surface area contributed by atoms with Gasteiger partial charge < -0.3 is 9.97 Å². The lowest BCUT2D eigenvalue weighted by Gasteiger charge is -2.03. The molecule has 0 saturated heterocycles. The van der Waals surface area contributed by atoms with E-state index in [2.05, 4.69) is 147 Å². The zero-order valence-electron chi connectivity index (χ0n) is 21.6. The minimum absolute atomic E-state index is 0.269. The number of hydrogen-bond donors (Lipinski definition) is 6. The van der Waals surface area contributed by atoms with Crippen molar-refractivity contribution in [1.29, 1.82) is 0 Å². The molecule has 0 amide bonds. The van der Waals surface area contributed by atoms with E-state index in [9.17, 15) is 51.9 Å². The van der Waals surface area contributed by atoms with E-state index in [-0.39, 0.29) is 35.8 Å². The predicted molar refractivity (Wildman–Crippen MR) is 200 cm³/mol. The molecule has 48 heavy (non-hydrogen) atoms. The number of fused-ring (bicyclic) bond motifs is 8. The van der Waals surface area contributed by atoms with Crippen LogP contribution in [0.4, 0.5) is 0 Å². The van der Waals surface area contributed by atoms with Crippen molar-refractivity contribution in [3.05, 3.63) is 40.7 Å². The van der Waals surface area contributed by atoms with E-state index in [1.165, 1.54) is 0 Å². The molecule has 8 bridgehead atoms. The Morgan fingerprint density at radius 2 is 0.583 bits per heavy atom. The second kappa shape index (κ2) is 12.9. The molecule has 5 heterocycles. The van der Waals surface area contributed by atoms with Gasteiger partial charge in [0.1, 0.15) is 42.4 Å². The number of aromatic nitrogens is 4. The summed E-state index contributed by atoms with van der Waals surface area (Å²) in [5.74, 6) is 0. The van der Waals surface area contributed by atoms with Crippen molar-refractivity contribution in [3.63, 3.8) is 0 Å². The Hall–Kier alpha value is 0.0800. The van der Waals surface area contributed by atoms with Gasteiger partial charge in [-0.2, -0.15) is 33.7 Å². The van der Waals surface area contributed by atoms with Crippen LogP contribution in [0.1, 0.15) is 22.8 Å². The number of nitrogens with zero attached hydrogens (tertiary/aromatic N) is 2. The summed E-state index contributed by atoms with van der Waals surface area (Å²) in [7, 11) is -21.5. The van der Waals surface area contributed by atoms with Gasteiger partial charge in [0.2, 0.25) is 0 Å². The normalized spacial score (nSPS) is 14.8. The van der Waals surface area contributed by atoms with Gasteiger partial charge in [0, 0.05) is 0 Å². The average molecular weight is 1260 g/mol. The number of H-pyrrole nitrogens is 2. The van der Waals surface area contributed by atoms with Crippen molar-refractivity contribution in [1.82, 2.24) is 19.9 Å². The number of halogens is 8. The van der Waals surface area contributed by atoms with Crippen molar-refractivity contribution >= 4 is 208 Å². The molecule has 6 N–H and O–H groups in total. The van der Waals surface area contributed by atoms with Crippen LogP contribution in [0.25, 0.3) is 40.0 Å². The lowest BCUT2D eigenvalue weighted by molar-refractivity contribution is 0.480. The Balaban J connectivity index is 2.39. The van der Waals surface area contributed by atoms with E-state index in [0.717, 1.165) is 0 Å². The summed E-state index contributed by atoms with van der Waals surface area (Å²) < 4.78 is 143. The quantitative estimate of drug-likeness (QED) is 0.138. The van der Waals surface area contributed by atoms with Crippen LogP contribution in [0.3, 0.4) is 0 Å². The molecule has 3 aromatic rings. The van der Waals surface area contributed by atoms with Crippen LogP contribution in [0.5, 0.6) is 0 Å². The topological polar surface area (TPSA) is 275 Å². The molecule has 0 radical (unpaired) electrons. The molecule has 0 atom stereocenters. The molecule has 0 fully saturated rings. The van der Waals surface area contributed by atoms with Gasteiger partial charge in [-0.05, 0) is 127 Å². The third kappa shape index (κ3) is 6.49. The third-order valence-corrected chi connectivity index (χ3v) is 18.3. The van der Waals surface area contributed by atoms with Gasteiger partial charge in [-0.15, -0.1) is 0 Å². The molecule has 0 aromatic carbocycles. The molecule has 5 rings (SSSR count). The molecule has 3 aromatic heterocycles. The summed E-state index contributed by atoms with van der Waals surface area (Å²) in [5.41, 5.74) is -5.15. The maximum absolute atomic E-state index is 13.0. The summed E-state index contributed by atoms with van der Waals surface area (Å²) in [4.78, 5) is 8.84. The van der Waals surface area contributed by atoms with Gasteiger partial charge in [0.05, 0.1) is 57.9 Å². The lowest BCUT2D eigenvalue weighted by Crippen LogP contribution is -2.06. The van der Waals surface area contributed by atoms with Gasteiger partial charge in [-0.3, -0.25) is 18.2 Å². The highest BCUT2D eigenvalue weighted by molar-refractivity contribution is 9.18. The SMILES string of the molecule is O=S(=O)(O)c1c2nc(c(S(=O)(=O)O)c3[nH]c(c(Br)c3Br)c(S(=O)(=O)O)c3[nH]c(c(Br)c3Br)c(S(=O)(=O)O)c3nc1C(Br)=C3Br)C(Br)=C2Br. The van der Waals surface area contributed by atoms with E-state index in [1.54, 1.807) is 0 Å². The fourth-order valence-electron chi connectivity index (χ4n) is 4.45. The van der Waals surface area contributed by atoms with Crippen molar-refractivity contribution in [2.24, 2.45) is 0 Å². The number of nitrogens with one attached hydrogen (secondary N) is 2. The monoisotopic (exact) mass is 1250 g/mol. The smallest absolute Gasteiger partial charge is 0.298 e. The van der Waals surface area contributed by atoms with Crippen molar-refractivity contribution in [3.8, 4) is 0 Å².